The zero-order valence-corrected chi connectivity index (χ0v) is 11.0. The van der Waals surface area contributed by atoms with Gasteiger partial charge in [0.2, 0.25) is 0 Å². The third-order valence-electron chi connectivity index (χ3n) is 3.12. The van der Waals surface area contributed by atoms with Crippen LogP contribution in [-0.4, -0.2) is 5.78 Å². The van der Waals surface area contributed by atoms with Gasteiger partial charge in [0, 0.05) is 17.0 Å². The molecule has 0 aliphatic rings. The predicted octanol–water partition coefficient (Wildman–Crippen LogP) is 4.66. The van der Waals surface area contributed by atoms with E-state index in [1.165, 1.54) is 0 Å². The first-order chi connectivity index (χ1) is 7.58. The third-order valence-corrected chi connectivity index (χ3v) is 3.53. The maximum Gasteiger partial charge on any atom is 0.163 e. The average Bonchev–Trinajstić information content (AvgIpc) is 2.29. The van der Waals surface area contributed by atoms with Crippen LogP contribution < -0.4 is 0 Å². The molecule has 0 aliphatic heterocycles. The summed E-state index contributed by atoms with van der Waals surface area (Å²) >= 11 is 6.01. The molecule has 0 radical (unpaired) electrons. The Balaban J connectivity index is 2.76. The second kappa shape index (κ2) is 6.05. The normalized spacial score (nSPS) is 10.8. The third kappa shape index (κ3) is 3.34. The van der Waals surface area contributed by atoms with Crippen LogP contribution in [0.15, 0.2) is 18.2 Å². The van der Waals surface area contributed by atoms with E-state index in [1.54, 1.807) is 6.07 Å². The Bertz CT molecular complexity index is 367. The van der Waals surface area contributed by atoms with E-state index < -0.39 is 0 Å². The van der Waals surface area contributed by atoms with E-state index >= 15 is 0 Å². The summed E-state index contributed by atoms with van der Waals surface area (Å²) in [6.07, 6.45) is 2.75. The van der Waals surface area contributed by atoms with Crippen LogP contribution in [0, 0.1) is 12.8 Å². The Morgan fingerprint density at radius 3 is 2.44 bits per heavy atom. The predicted molar refractivity (Wildman–Crippen MR) is 69.2 cm³/mol. The lowest BCUT2D eigenvalue weighted by Gasteiger charge is -2.11. The second-order valence-corrected chi connectivity index (χ2v) is 4.68. The molecule has 0 aliphatic carbocycles. The van der Waals surface area contributed by atoms with Crippen molar-refractivity contribution in [3.05, 3.63) is 34.3 Å². The minimum Gasteiger partial charge on any atom is -0.294 e. The van der Waals surface area contributed by atoms with Crippen LogP contribution >= 0.6 is 11.6 Å². The number of hydrogen-bond donors (Lipinski definition) is 0. The molecule has 0 heterocycles. The molecule has 0 bridgehead atoms. The highest BCUT2D eigenvalue weighted by atomic mass is 35.5. The van der Waals surface area contributed by atoms with Crippen LogP contribution in [0.25, 0.3) is 0 Å². The molecule has 0 saturated carbocycles. The van der Waals surface area contributed by atoms with Gasteiger partial charge in [-0.15, -0.1) is 0 Å². The van der Waals surface area contributed by atoms with Gasteiger partial charge < -0.3 is 0 Å². The van der Waals surface area contributed by atoms with Crippen LogP contribution in [0.1, 0.15) is 49.0 Å². The topological polar surface area (TPSA) is 17.1 Å². The van der Waals surface area contributed by atoms with E-state index in [0.717, 1.165) is 24.0 Å². The summed E-state index contributed by atoms with van der Waals surface area (Å²) in [6, 6.07) is 5.55. The fraction of sp³-hybridized carbons (Fsp3) is 0.500. The lowest BCUT2D eigenvalue weighted by atomic mass is 9.94. The number of benzene rings is 1. The minimum absolute atomic E-state index is 0.204. The molecule has 0 aromatic heterocycles. The van der Waals surface area contributed by atoms with E-state index in [1.807, 2.05) is 19.1 Å². The Kier molecular flexibility index (Phi) is 5.01. The zero-order chi connectivity index (χ0) is 12.1. The Labute approximate surface area is 103 Å². The number of aryl methyl sites for hydroxylation is 1. The standard InChI is InChI=1S/C14H19ClO/c1-4-11(5-2)8-14(16)12-7-6-10(3)13(15)9-12/h6-7,9,11H,4-5,8H2,1-3H3. The quantitative estimate of drug-likeness (QED) is 0.682. The number of rotatable bonds is 5. The molecule has 2 heteroatoms. The first-order valence-corrected chi connectivity index (χ1v) is 6.25. The molecule has 16 heavy (non-hydrogen) atoms. The molecular weight excluding hydrogens is 220 g/mol. The van der Waals surface area contributed by atoms with Crippen LogP contribution in [0.2, 0.25) is 5.02 Å². The van der Waals surface area contributed by atoms with Gasteiger partial charge in [0.15, 0.2) is 5.78 Å². The van der Waals surface area contributed by atoms with Crippen molar-refractivity contribution in [1.82, 2.24) is 0 Å². The summed E-state index contributed by atoms with van der Waals surface area (Å²) in [5.41, 5.74) is 1.75. The van der Waals surface area contributed by atoms with Gasteiger partial charge in [0.25, 0.3) is 0 Å². The number of carbonyl (C=O) groups is 1. The van der Waals surface area contributed by atoms with Crippen LogP contribution in [0.5, 0.6) is 0 Å². The molecule has 0 atom stereocenters. The molecule has 0 unspecified atom stereocenters. The molecule has 88 valence electrons. The van der Waals surface area contributed by atoms with Gasteiger partial charge in [0.05, 0.1) is 0 Å². The van der Waals surface area contributed by atoms with E-state index in [9.17, 15) is 4.79 Å². The van der Waals surface area contributed by atoms with Gasteiger partial charge in [-0.3, -0.25) is 4.79 Å². The summed E-state index contributed by atoms with van der Waals surface area (Å²) in [6.45, 7) is 6.20. The van der Waals surface area contributed by atoms with Gasteiger partial charge >= 0.3 is 0 Å². The average molecular weight is 239 g/mol. The van der Waals surface area contributed by atoms with E-state index in [0.29, 0.717) is 17.4 Å². The smallest absolute Gasteiger partial charge is 0.163 e. The molecule has 0 spiro atoms. The lowest BCUT2D eigenvalue weighted by Crippen LogP contribution is -2.07. The molecule has 0 saturated heterocycles. The molecule has 1 aromatic carbocycles. The fourth-order valence-electron chi connectivity index (χ4n) is 1.72. The summed E-state index contributed by atoms with van der Waals surface area (Å²) < 4.78 is 0. The fourth-order valence-corrected chi connectivity index (χ4v) is 1.90. The van der Waals surface area contributed by atoms with Gasteiger partial charge in [-0.2, -0.15) is 0 Å². The Morgan fingerprint density at radius 1 is 1.31 bits per heavy atom. The van der Waals surface area contributed by atoms with Crippen molar-refractivity contribution in [1.29, 1.82) is 0 Å². The van der Waals surface area contributed by atoms with E-state index in [2.05, 4.69) is 13.8 Å². The largest absolute Gasteiger partial charge is 0.294 e. The molecular formula is C14H19ClO. The number of ketones is 1. The van der Waals surface area contributed by atoms with Crippen LogP contribution in [-0.2, 0) is 0 Å². The van der Waals surface area contributed by atoms with Crippen molar-refractivity contribution in [2.24, 2.45) is 5.92 Å². The molecule has 1 aromatic rings. The second-order valence-electron chi connectivity index (χ2n) is 4.27. The molecule has 0 fully saturated rings. The first kappa shape index (κ1) is 13.2. The summed E-state index contributed by atoms with van der Waals surface area (Å²) in [5, 5.41) is 0.676. The highest BCUT2D eigenvalue weighted by molar-refractivity contribution is 6.31. The van der Waals surface area contributed by atoms with Crippen molar-refractivity contribution >= 4 is 17.4 Å². The molecule has 0 amide bonds. The van der Waals surface area contributed by atoms with Gasteiger partial charge in [0.1, 0.15) is 0 Å². The van der Waals surface area contributed by atoms with Gasteiger partial charge in [-0.05, 0) is 24.5 Å². The van der Waals surface area contributed by atoms with Crippen LogP contribution in [0.3, 0.4) is 0 Å². The molecule has 1 rings (SSSR count). The van der Waals surface area contributed by atoms with E-state index in [-0.39, 0.29) is 5.78 Å². The molecule has 0 N–H and O–H groups in total. The molecule has 1 nitrogen and oxygen atoms in total. The van der Waals surface area contributed by atoms with Gasteiger partial charge in [-0.1, -0.05) is 50.4 Å². The highest BCUT2D eigenvalue weighted by Crippen LogP contribution is 2.20. The summed E-state index contributed by atoms with van der Waals surface area (Å²) in [4.78, 5) is 12.0. The number of halogens is 1. The monoisotopic (exact) mass is 238 g/mol. The van der Waals surface area contributed by atoms with Crippen molar-refractivity contribution in [2.75, 3.05) is 0 Å². The van der Waals surface area contributed by atoms with E-state index in [4.69, 9.17) is 11.6 Å². The maximum atomic E-state index is 12.0. The Hall–Kier alpha value is -0.820. The minimum atomic E-state index is 0.204. The van der Waals surface area contributed by atoms with Crippen molar-refractivity contribution in [3.63, 3.8) is 0 Å². The van der Waals surface area contributed by atoms with Crippen molar-refractivity contribution in [3.8, 4) is 0 Å². The van der Waals surface area contributed by atoms with Crippen LogP contribution in [0.4, 0.5) is 0 Å². The number of hydrogen-bond acceptors (Lipinski definition) is 1. The highest BCUT2D eigenvalue weighted by Gasteiger charge is 2.12. The van der Waals surface area contributed by atoms with Gasteiger partial charge in [-0.25, -0.2) is 0 Å². The summed E-state index contributed by atoms with van der Waals surface area (Å²) in [7, 11) is 0. The lowest BCUT2D eigenvalue weighted by molar-refractivity contribution is 0.0958. The maximum absolute atomic E-state index is 12.0. The van der Waals surface area contributed by atoms with Crippen molar-refractivity contribution in [2.45, 2.75) is 40.0 Å². The van der Waals surface area contributed by atoms with Crippen molar-refractivity contribution < 1.29 is 4.79 Å². The SMILES string of the molecule is CCC(CC)CC(=O)c1ccc(C)c(Cl)c1. The number of carbonyl (C=O) groups excluding carboxylic acids is 1. The zero-order valence-electron chi connectivity index (χ0n) is 10.2. The first-order valence-electron chi connectivity index (χ1n) is 5.87. The number of Topliss-reactive ketones (excluding diaryl/α,β-unsaturated/α-hetero) is 1. The summed E-state index contributed by atoms with van der Waals surface area (Å²) in [5.74, 6) is 0.697. The Morgan fingerprint density at radius 2 is 1.94 bits per heavy atom.